The molecule has 1 amide bonds. The van der Waals surface area contributed by atoms with Gasteiger partial charge in [-0.1, -0.05) is 40.9 Å². The number of rotatable bonds is 8. The molecule has 0 spiro atoms. The molecule has 1 fully saturated rings. The van der Waals surface area contributed by atoms with Crippen molar-refractivity contribution < 1.29 is 36.2 Å². The molecule has 1 aliphatic carbocycles. The lowest BCUT2D eigenvalue weighted by Gasteiger charge is -2.32. The van der Waals surface area contributed by atoms with Gasteiger partial charge in [-0.2, -0.15) is 26.3 Å². The van der Waals surface area contributed by atoms with E-state index in [1.807, 2.05) is 0 Å². The van der Waals surface area contributed by atoms with E-state index < -0.39 is 42.2 Å². The van der Waals surface area contributed by atoms with E-state index >= 15 is 0 Å². The van der Waals surface area contributed by atoms with Crippen LogP contribution in [0.15, 0.2) is 30.3 Å². The second-order valence-electron chi connectivity index (χ2n) is 8.26. The molecule has 0 unspecified atom stereocenters. The van der Waals surface area contributed by atoms with Crippen LogP contribution in [0.4, 0.5) is 32.0 Å². The third kappa shape index (κ3) is 6.67. The molecule has 0 bridgehead atoms. The summed E-state index contributed by atoms with van der Waals surface area (Å²) in [5.74, 6) is -0.125. The summed E-state index contributed by atoms with van der Waals surface area (Å²) in [4.78, 5) is 11.8. The van der Waals surface area contributed by atoms with Gasteiger partial charge in [-0.05, 0) is 54.2 Å². The first-order chi connectivity index (χ1) is 16.1. The Morgan fingerprint density at radius 1 is 1.00 bits per heavy atom. The fourth-order valence-electron chi connectivity index (χ4n) is 3.34. The summed E-state index contributed by atoms with van der Waals surface area (Å²) in [7, 11) is 0. The van der Waals surface area contributed by atoms with Gasteiger partial charge >= 0.3 is 12.4 Å². The van der Waals surface area contributed by atoms with Crippen LogP contribution in [0.25, 0.3) is 0 Å². The molecule has 0 saturated heterocycles. The van der Waals surface area contributed by atoms with Crippen LogP contribution in [0.3, 0.4) is 0 Å². The number of aliphatic hydroxyl groups is 1. The molecule has 2 aromatic carbocycles. The lowest BCUT2D eigenvalue weighted by molar-refractivity contribution is -0.260. The van der Waals surface area contributed by atoms with E-state index in [9.17, 15) is 36.2 Å². The summed E-state index contributed by atoms with van der Waals surface area (Å²) in [6.45, 7) is -1.64. The fraction of sp³-hybridized carbons (Fsp3) is 0.409. The third-order valence-electron chi connectivity index (χ3n) is 5.54. The van der Waals surface area contributed by atoms with Gasteiger partial charge in [0.25, 0.3) is 0 Å². The highest BCUT2D eigenvalue weighted by atomic mass is 35.5. The van der Waals surface area contributed by atoms with Crippen LogP contribution in [0.5, 0.6) is 0 Å². The molecule has 1 saturated carbocycles. The molecule has 3 rings (SSSR count). The Hall–Kier alpha value is -1.88. The van der Waals surface area contributed by atoms with Gasteiger partial charge in [-0.3, -0.25) is 4.79 Å². The summed E-state index contributed by atoms with van der Waals surface area (Å²) >= 11 is 17.3. The van der Waals surface area contributed by atoms with Crippen molar-refractivity contribution in [3.63, 3.8) is 0 Å². The zero-order valence-corrected chi connectivity index (χ0v) is 20.0. The van der Waals surface area contributed by atoms with E-state index in [1.165, 1.54) is 0 Å². The van der Waals surface area contributed by atoms with Crippen molar-refractivity contribution in [2.45, 2.75) is 43.8 Å². The topological polar surface area (TPSA) is 61.4 Å². The summed E-state index contributed by atoms with van der Waals surface area (Å²) in [5, 5.41) is 14.2. The van der Waals surface area contributed by atoms with Crippen LogP contribution in [0, 0.1) is 5.92 Å². The minimum atomic E-state index is -5.25. The fourth-order valence-corrected chi connectivity index (χ4v) is 3.94. The number of benzene rings is 2. The lowest BCUT2D eigenvalue weighted by Crippen LogP contribution is -2.47. The minimum Gasteiger partial charge on any atom is -0.381 e. The maximum atomic E-state index is 13.8. The summed E-state index contributed by atoms with van der Waals surface area (Å²) in [6.07, 6.45) is -8.05. The van der Waals surface area contributed by atoms with Gasteiger partial charge in [0.1, 0.15) is 0 Å². The molecule has 0 radical (unpaired) electrons. The Bertz CT molecular complexity index is 1080. The van der Waals surface area contributed by atoms with E-state index in [-0.39, 0.29) is 44.6 Å². The standard InChI is InChI=1S/C22H19Cl3F6N2O2/c23-16-6-13(7-17(24)19(16)25)20(35,22(29,30)31)10-33-14-4-3-12(15(8-14)21(26,27)28)9-32-18(34)5-11-1-2-11/h3-4,6-8,11,33,35H,1-2,5,9-10H2,(H,32,34)/t20-/m0/s1. The van der Waals surface area contributed by atoms with Crippen LogP contribution in [-0.2, 0) is 23.1 Å². The Morgan fingerprint density at radius 2 is 1.60 bits per heavy atom. The first kappa shape index (κ1) is 27.7. The zero-order chi connectivity index (χ0) is 26.2. The number of halogens is 9. The smallest absolute Gasteiger partial charge is 0.381 e. The lowest BCUT2D eigenvalue weighted by atomic mass is 9.92. The van der Waals surface area contributed by atoms with Crippen LogP contribution in [0.2, 0.25) is 15.1 Å². The predicted molar refractivity (Wildman–Crippen MR) is 121 cm³/mol. The molecule has 1 atom stereocenters. The Kier molecular flexibility index (Phi) is 8.10. The number of alkyl halides is 6. The maximum absolute atomic E-state index is 13.8. The highest BCUT2D eigenvalue weighted by Crippen LogP contribution is 2.43. The van der Waals surface area contributed by atoms with E-state index in [2.05, 4.69) is 10.6 Å². The summed E-state index contributed by atoms with van der Waals surface area (Å²) in [5.41, 5.74) is -6.03. The summed E-state index contributed by atoms with van der Waals surface area (Å²) in [6, 6.07) is 4.33. The molecule has 2 aromatic rings. The highest BCUT2D eigenvalue weighted by molar-refractivity contribution is 6.48. The van der Waals surface area contributed by atoms with Crippen molar-refractivity contribution >= 4 is 46.4 Å². The number of anilines is 1. The molecule has 192 valence electrons. The largest absolute Gasteiger partial charge is 0.423 e. The Labute approximate surface area is 211 Å². The number of hydrogen-bond donors (Lipinski definition) is 3. The second kappa shape index (κ2) is 10.2. The van der Waals surface area contributed by atoms with Gasteiger partial charge in [0.2, 0.25) is 11.5 Å². The minimum absolute atomic E-state index is 0.218. The maximum Gasteiger partial charge on any atom is 0.423 e. The van der Waals surface area contributed by atoms with Crippen LogP contribution in [0.1, 0.15) is 36.0 Å². The number of amides is 1. The normalized spacial score (nSPS) is 16.1. The van der Waals surface area contributed by atoms with Gasteiger partial charge in [0.15, 0.2) is 0 Å². The number of hydrogen-bond acceptors (Lipinski definition) is 3. The molecule has 0 heterocycles. The first-order valence-corrected chi connectivity index (χ1v) is 11.4. The first-order valence-electron chi connectivity index (χ1n) is 10.3. The van der Waals surface area contributed by atoms with E-state index in [0.717, 1.165) is 37.1 Å². The molecular weight excluding hydrogens is 545 g/mol. The SMILES string of the molecule is O=C(CC1CC1)NCc1ccc(NC[C@](O)(c2cc(Cl)c(Cl)c(Cl)c2)C(F)(F)F)cc1C(F)(F)F. The van der Waals surface area contributed by atoms with Crippen molar-refractivity contribution in [2.75, 3.05) is 11.9 Å². The number of nitrogens with one attached hydrogen (secondary N) is 2. The Balaban J connectivity index is 1.84. The van der Waals surface area contributed by atoms with Crippen LogP contribution in [-0.4, -0.2) is 23.7 Å². The number of carbonyl (C=O) groups excluding carboxylic acids is 1. The average Bonchev–Trinajstić information content (AvgIpc) is 3.56. The highest BCUT2D eigenvalue weighted by Gasteiger charge is 2.55. The van der Waals surface area contributed by atoms with E-state index in [1.54, 1.807) is 0 Å². The molecule has 13 heteroatoms. The van der Waals surface area contributed by atoms with Crippen molar-refractivity contribution in [1.82, 2.24) is 5.32 Å². The molecular formula is C22H19Cl3F6N2O2. The Morgan fingerprint density at radius 3 is 2.11 bits per heavy atom. The molecule has 0 aromatic heterocycles. The predicted octanol–water partition coefficient (Wildman–Crippen LogP) is 6.94. The molecule has 4 nitrogen and oxygen atoms in total. The van der Waals surface area contributed by atoms with Crippen molar-refractivity contribution in [3.05, 3.63) is 62.1 Å². The van der Waals surface area contributed by atoms with Gasteiger partial charge in [-0.15, -0.1) is 0 Å². The van der Waals surface area contributed by atoms with E-state index in [0.29, 0.717) is 6.07 Å². The average molecular weight is 564 g/mol. The van der Waals surface area contributed by atoms with Crippen molar-refractivity contribution in [2.24, 2.45) is 5.92 Å². The summed E-state index contributed by atoms with van der Waals surface area (Å²) < 4.78 is 82.3. The van der Waals surface area contributed by atoms with Gasteiger partial charge in [-0.25, -0.2) is 0 Å². The zero-order valence-electron chi connectivity index (χ0n) is 17.8. The third-order valence-corrected chi connectivity index (χ3v) is 6.74. The van der Waals surface area contributed by atoms with Crippen molar-refractivity contribution in [1.29, 1.82) is 0 Å². The number of carbonyl (C=O) groups is 1. The van der Waals surface area contributed by atoms with Crippen molar-refractivity contribution in [3.8, 4) is 0 Å². The molecule has 1 aliphatic rings. The van der Waals surface area contributed by atoms with Crippen LogP contribution >= 0.6 is 34.8 Å². The van der Waals surface area contributed by atoms with E-state index in [4.69, 9.17) is 34.8 Å². The molecule has 0 aliphatic heterocycles. The molecule has 3 N–H and O–H groups in total. The molecule has 35 heavy (non-hydrogen) atoms. The van der Waals surface area contributed by atoms with Gasteiger partial charge in [0.05, 0.1) is 27.2 Å². The quantitative estimate of drug-likeness (QED) is 0.241. The van der Waals surface area contributed by atoms with Gasteiger partial charge < -0.3 is 15.7 Å². The second-order valence-corrected chi connectivity index (χ2v) is 9.45. The monoisotopic (exact) mass is 562 g/mol. The van der Waals surface area contributed by atoms with Crippen LogP contribution < -0.4 is 10.6 Å². The van der Waals surface area contributed by atoms with Gasteiger partial charge in [0, 0.05) is 18.7 Å².